The summed E-state index contributed by atoms with van der Waals surface area (Å²) in [5, 5.41) is 0. The lowest BCUT2D eigenvalue weighted by atomic mass is 10.1. The first-order valence-corrected chi connectivity index (χ1v) is 16.9. The van der Waals surface area contributed by atoms with Crippen molar-refractivity contribution in [3.63, 3.8) is 0 Å². The highest BCUT2D eigenvalue weighted by Crippen LogP contribution is 2.28. The molecule has 0 atom stereocenters. The Bertz CT molecular complexity index is 1560. The van der Waals surface area contributed by atoms with Gasteiger partial charge in [-0.05, 0) is 98.7 Å². The van der Waals surface area contributed by atoms with Gasteiger partial charge >= 0.3 is 0 Å². The summed E-state index contributed by atoms with van der Waals surface area (Å²) in [6.07, 6.45) is 5.89. The number of carbonyl (C=O) groups excluding carboxylic acids is 1. The second kappa shape index (κ2) is 12.0. The molecule has 3 aromatic rings. The summed E-state index contributed by atoms with van der Waals surface area (Å²) in [6, 6.07) is 15.3. The van der Waals surface area contributed by atoms with Gasteiger partial charge < -0.3 is 4.90 Å². The molecule has 0 spiro atoms. The van der Waals surface area contributed by atoms with Gasteiger partial charge in [0, 0.05) is 29.4 Å². The molecule has 0 bridgehead atoms. The molecule has 0 saturated carbocycles. The molecule has 0 radical (unpaired) electrons. The summed E-state index contributed by atoms with van der Waals surface area (Å²) in [7, 11) is -7.90. The molecule has 1 fully saturated rings. The van der Waals surface area contributed by atoms with Crippen molar-refractivity contribution in [2.45, 2.75) is 54.2 Å². The van der Waals surface area contributed by atoms with Gasteiger partial charge in [-0.1, -0.05) is 18.9 Å². The van der Waals surface area contributed by atoms with Crippen LogP contribution in [0.15, 0.2) is 75.4 Å². The molecule has 39 heavy (non-hydrogen) atoms. The Balaban J connectivity index is 1.53. The van der Waals surface area contributed by atoms with Crippen LogP contribution in [0.1, 0.15) is 47.2 Å². The molecule has 1 aliphatic heterocycles. The number of hydrogen-bond acceptors (Lipinski definition) is 6. The molecule has 4 rings (SSSR count). The third kappa shape index (κ3) is 6.95. The van der Waals surface area contributed by atoms with E-state index < -0.39 is 20.0 Å². The quantitative estimate of drug-likeness (QED) is 0.330. The van der Waals surface area contributed by atoms with E-state index in [4.69, 9.17) is 0 Å². The number of anilines is 2. The average molecular weight is 588 g/mol. The Labute approximate surface area is 235 Å². The highest BCUT2D eigenvalue weighted by molar-refractivity contribution is 7.98. The molecule has 208 valence electrons. The number of nitrogens with zero attached hydrogens (tertiary/aromatic N) is 1. The van der Waals surface area contributed by atoms with Crippen molar-refractivity contribution >= 4 is 49.1 Å². The largest absolute Gasteiger partial charge is 0.339 e. The van der Waals surface area contributed by atoms with Crippen LogP contribution in [0, 0.1) is 13.8 Å². The van der Waals surface area contributed by atoms with Gasteiger partial charge in [-0.15, -0.1) is 11.8 Å². The first-order valence-electron chi connectivity index (χ1n) is 12.7. The van der Waals surface area contributed by atoms with Crippen LogP contribution in [0.3, 0.4) is 0 Å². The Morgan fingerprint density at radius 3 is 1.90 bits per heavy atom. The summed E-state index contributed by atoms with van der Waals surface area (Å²) in [6.45, 7) is 5.17. The highest BCUT2D eigenvalue weighted by atomic mass is 32.2. The van der Waals surface area contributed by atoms with Gasteiger partial charge in [-0.3, -0.25) is 14.2 Å². The zero-order valence-corrected chi connectivity index (χ0v) is 24.7. The van der Waals surface area contributed by atoms with E-state index in [0.717, 1.165) is 36.8 Å². The lowest BCUT2D eigenvalue weighted by Gasteiger charge is -2.22. The molecular weight excluding hydrogens is 555 g/mol. The Morgan fingerprint density at radius 1 is 0.718 bits per heavy atom. The summed E-state index contributed by atoms with van der Waals surface area (Å²) in [5.74, 6) is -0.163. The molecule has 1 heterocycles. The predicted octanol–water partition coefficient (Wildman–Crippen LogP) is 5.64. The molecule has 3 aromatic carbocycles. The second-order valence-corrected chi connectivity index (χ2v) is 13.8. The summed E-state index contributed by atoms with van der Waals surface area (Å²) in [4.78, 5) is 15.8. The van der Waals surface area contributed by atoms with E-state index in [1.807, 2.05) is 26.2 Å². The van der Waals surface area contributed by atoms with Crippen LogP contribution >= 0.6 is 11.8 Å². The van der Waals surface area contributed by atoms with Crippen molar-refractivity contribution in [3.8, 4) is 0 Å². The number of benzene rings is 3. The topological polar surface area (TPSA) is 113 Å². The molecule has 0 aromatic heterocycles. The van der Waals surface area contributed by atoms with Gasteiger partial charge in [0.2, 0.25) is 0 Å². The monoisotopic (exact) mass is 587 g/mol. The van der Waals surface area contributed by atoms with E-state index in [2.05, 4.69) is 9.44 Å². The number of amides is 1. The van der Waals surface area contributed by atoms with E-state index in [-0.39, 0.29) is 21.4 Å². The number of likely N-dealkylation sites (tertiary alicyclic amines) is 1. The molecule has 0 unspecified atom stereocenters. The summed E-state index contributed by atoms with van der Waals surface area (Å²) < 4.78 is 57.2. The van der Waals surface area contributed by atoms with Gasteiger partial charge in [-0.2, -0.15) is 0 Å². The highest BCUT2D eigenvalue weighted by Gasteiger charge is 2.24. The lowest BCUT2D eigenvalue weighted by molar-refractivity contribution is 0.0758. The van der Waals surface area contributed by atoms with Crippen molar-refractivity contribution in [2.24, 2.45) is 0 Å². The number of hydrogen-bond donors (Lipinski definition) is 2. The first kappa shape index (κ1) is 29.0. The predicted molar refractivity (Wildman–Crippen MR) is 157 cm³/mol. The molecule has 2 N–H and O–H groups in total. The van der Waals surface area contributed by atoms with Crippen LogP contribution in [0.5, 0.6) is 0 Å². The van der Waals surface area contributed by atoms with Gasteiger partial charge in [0.25, 0.3) is 26.0 Å². The molecule has 1 amide bonds. The van der Waals surface area contributed by atoms with Gasteiger partial charge in [-0.25, -0.2) is 16.8 Å². The Morgan fingerprint density at radius 2 is 1.28 bits per heavy atom. The molecule has 1 saturated heterocycles. The number of rotatable bonds is 8. The standard InChI is InChI=1S/C28H33N3O5S3/c1-20-8-9-23(18-21(20)2)30-38(33,34)24-12-10-22(11-13-24)29-39(35,36)25-14-15-27(37-3)26(19-25)28(32)31-16-6-4-5-7-17-31/h8-15,18-19,29-30H,4-7,16-17H2,1-3H3. The van der Waals surface area contributed by atoms with E-state index in [9.17, 15) is 21.6 Å². The fraction of sp³-hybridized carbons (Fsp3) is 0.321. The zero-order valence-electron chi connectivity index (χ0n) is 22.2. The fourth-order valence-electron chi connectivity index (χ4n) is 4.40. The van der Waals surface area contributed by atoms with Crippen molar-refractivity contribution in [3.05, 3.63) is 77.4 Å². The molecular formula is C28H33N3O5S3. The van der Waals surface area contributed by atoms with Crippen molar-refractivity contribution in [1.82, 2.24) is 4.90 Å². The Kier molecular flexibility index (Phi) is 8.93. The number of carbonyl (C=O) groups is 1. The maximum absolute atomic E-state index is 13.3. The minimum absolute atomic E-state index is 0.00154. The number of sulfonamides is 2. The third-order valence-electron chi connectivity index (χ3n) is 6.78. The van der Waals surface area contributed by atoms with Crippen LogP contribution in [-0.2, 0) is 20.0 Å². The minimum Gasteiger partial charge on any atom is -0.339 e. The van der Waals surface area contributed by atoms with Crippen LogP contribution in [0.4, 0.5) is 11.4 Å². The van der Waals surface area contributed by atoms with Crippen LogP contribution < -0.4 is 9.44 Å². The third-order valence-corrected chi connectivity index (χ3v) is 10.4. The zero-order chi connectivity index (χ0) is 28.2. The number of thioether (sulfide) groups is 1. The van der Waals surface area contributed by atoms with Gasteiger partial charge in [0.15, 0.2) is 0 Å². The number of nitrogens with one attached hydrogen (secondary N) is 2. The van der Waals surface area contributed by atoms with Crippen LogP contribution in [0.2, 0.25) is 0 Å². The maximum Gasteiger partial charge on any atom is 0.261 e. The van der Waals surface area contributed by atoms with Crippen molar-refractivity contribution < 1.29 is 21.6 Å². The van der Waals surface area contributed by atoms with Gasteiger partial charge in [0.1, 0.15) is 0 Å². The van der Waals surface area contributed by atoms with Crippen molar-refractivity contribution in [1.29, 1.82) is 0 Å². The molecule has 0 aliphatic carbocycles. The van der Waals surface area contributed by atoms with Crippen LogP contribution in [0.25, 0.3) is 0 Å². The smallest absolute Gasteiger partial charge is 0.261 e. The lowest BCUT2D eigenvalue weighted by Crippen LogP contribution is -2.32. The van der Waals surface area contributed by atoms with E-state index >= 15 is 0 Å². The molecule has 8 nitrogen and oxygen atoms in total. The molecule has 11 heteroatoms. The van der Waals surface area contributed by atoms with E-state index in [0.29, 0.717) is 29.2 Å². The SMILES string of the molecule is CSc1ccc(S(=O)(=O)Nc2ccc(S(=O)(=O)Nc3ccc(C)c(C)c3)cc2)cc1C(=O)N1CCCCCC1. The summed E-state index contributed by atoms with van der Waals surface area (Å²) in [5.41, 5.74) is 3.03. The average Bonchev–Trinajstić information content (AvgIpc) is 3.20. The van der Waals surface area contributed by atoms with Crippen LogP contribution in [-0.4, -0.2) is 47.0 Å². The maximum atomic E-state index is 13.3. The fourth-order valence-corrected chi connectivity index (χ4v) is 7.10. The van der Waals surface area contributed by atoms with E-state index in [1.165, 1.54) is 48.2 Å². The minimum atomic E-state index is -4.03. The normalized spacial score (nSPS) is 14.5. The van der Waals surface area contributed by atoms with Crippen molar-refractivity contribution in [2.75, 3.05) is 28.8 Å². The second-order valence-electron chi connectivity index (χ2n) is 9.60. The number of aryl methyl sites for hydroxylation is 2. The molecule has 1 aliphatic rings. The summed E-state index contributed by atoms with van der Waals surface area (Å²) >= 11 is 1.40. The first-order chi connectivity index (χ1) is 18.5. The Hall–Kier alpha value is -3.02. The van der Waals surface area contributed by atoms with Gasteiger partial charge in [0.05, 0.1) is 15.4 Å². The van der Waals surface area contributed by atoms with E-state index in [1.54, 1.807) is 23.1 Å².